The first-order valence-corrected chi connectivity index (χ1v) is 8.14. The SMILES string of the molecule is CN(Cc1csc(Br)c1)C(CN)c1ccc(Cl)c(F)c1. The number of nitrogens with two attached hydrogens (primary N) is 1. The second-order valence-electron chi connectivity index (χ2n) is 4.60. The Balaban J connectivity index is 2.16. The van der Waals surface area contributed by atoms with Crippen LogP contribution in [0.25, 0.3) is 0 Å². The average Bonchev–Trinajstić information content (AvgIpc) is 2.80. The number of hydrogen-bond donors (Lipinski definition) is 1. The van der Waals surface area contributed by atoms with Crippen molar-refractivity contribution >= 4 is 38.9 Å². The van der Waals surface area contributed by atoms with Crippen molar-refractivity contribution in [1.82, 2.24) is 4.90 Å². The van der Waals surface area contributed by atoms with Crippen LogP contribution in [-0.4, -0.2) is 18.5 Å². The molecule has 2 nitrogen and oxygen atoms in total. The van der Waals surface area contributed by atoms with Gasteiger partial charge in [-0.05, 0) is 57.7 Å². The first kappa shape index (κ1) is 15.9. The number of rotatable bonds is 5. The maximum absolute atomic E-state index is 13.6. The van der Waals surface area contributed by atoms with Crippen LogP contribution in [0.1, 0.15) is 17.2 Å². The summed E-state index contributed by atoms with van der Waals surface area (Å²) < 4.78 is 14.7. The molecule has 0 aliphatic rings. The number of hydrogen-bond acceptors (Lipinski definition) is 3. The molecule has 1 aromatic heterocycles. The zero-order chi connectivity index (χ0) is 14.7. The van der Waals surface area contributed by atoms with Gasteiger partial charge in [0.05, 0.1) is 8.81 Å². The zero-order valence-electron chi connectivity index (χ0n) is 10.9. The van der Waals surface area contributed by atoms with Crippen LogP contribution < -0.4 is 5.73 Å². The number of nitrogens with zero attached hydrogens (tertiary/aromatic N) is 1. The van der Waals surface area contributed by atoms with Crippen molar-refractivity contribution < 1.29 is 4.39 Å². The van der Waals surface area contributed by atoms with E-state index in [2.05, 4.69) is 32.3 Å². The smallest absolute Gasteiger partial charge is 0.142 e. The zero-order valence-corrected chi connectivity index (χ0v) is 14.1. The average molecular weight is 378 g/mol. The molecule has 1 unspecified atom stereocenters. The van der Waals surface area contributed by atoms with Gasteiger partial charge in [-0.2, -0.15) is 0 Å². The summed E-state index contributed by atoms with van der Waals surface area (Å²) in [7, 11) is 1.98. The summed E-state index contributed by atoms with van der Waals surface area (Å²) in [6, 6.07) is 6.89. The lowest BCUT2D eigenvalue weighted by molar-refractivity contribution is 0.241. The Labute approximate surface area is 135 Å². The minimum absolute atomic E-state index is 0.0413. The fourth-order valence-corrected chi connectivity index (χ4v) is 3.43. The molecule has 0 amide bonds. The fraction of sp³-hybridized carbons (Fsp3) is 0.286. The van der Waals surface area contributed by atoms with E-state index in [0.717, 1.165) is 15.9 Å². The first-order chi connectivity index (χ1) is 9.51. The highest BCUT2D eigenvalue weighted by Crippen LogP contribution is 2.26. The number of benzene rings is 1. The third-order valence-electron chi connectivity index (χ3n) is 3.14. The van der Waals surface area contributed by atoms with Crippen LogP contribution in [0, 0.1) is 5.82 Å². The molecule has 0 radical (unpaired) electrons. The Kier molecular flexibility index (Phi) is 5.57. The molecule has 0 aliphatic carbocycles. The lowest BCUT2D eigenvalue weighted by Gasteiger charge is -2.27. The summed E-state index contributed by atoms with van der Waals surface area (Å²) in [5, 5.41) is 2.23. The predicted molar refractivity (Wildman–Crippen MR) is 86.7 cm³/mol. The lowest BCUT2D eigenvalue weighted by Crippen LogP contribution is -2.30. The molecule has 20 heavy (non-hydrogen) atoms. The van der Waals surface area contributed by atoms with Crippen molar-refractivity contribution in [2.75, 3.05) is 13.6 Å². The predicted octanol–water partition coefficient (Wildman–Crippen LogP) is 4.43. The van der Waals surface area contributed by atoms with E-state index in [9.17, 15) is 4.39 Å². The normalized spacial score (nSPS) is 12.9. The van der Waals surface area contributed by atoms with Crippen LogP contribution in [0.2, 0.25) is 5.02 Å². The van der Waals surface area contributed by atoms with E-state index >= 15 is 0 Å². The molecule has 0 aliphatic heterocycles. The van der Waals surface area contributed by atoms with E-state index in [-0.39, 0.29) is 11.1 Å². The Morgan fingerprint density at radius 1 is 1.45 bits per heavy atom. The van der Waals surface area contributed by atoms with E-state index in [1.54, 1.807) is 17.4 Å². The van der Waals surface area contributed by atoms with Crippen molar-refractivity contribution in [3.8, 4) is 0 Å². The van der Waals surface area contributed by atoms with Gasteiger partial charge in [-0.15, -0.1) is 11.3 Å². The van der Waals surface area contributed by atoms with Crippen LogP contribution in [0.3, 0.4) is 0 Å². The van der Waals surface area contributed by atoms with Crippen LogP contribution in [0.5, 0.6) is 0 Å². The molecule has 0 saturated carbocycles. The van der Waals surface area contributed by atoms with Gasteiger partial charge in [0.2, 0.25) is 0 Å². The minimum atomic E-state index is -0.408. The summed E-state index contributed by atoms with van der Waals surface area (Å²) in [5.74, 6) is -0.408. The fourth-order valence-electron chi connectivity index (χ4n) is 2.12. The Hall–Kier alpha value is -0.460. The highest BCUT2D eigenvalue weighted by molar-refractivity contribution is 9.11. The largest absolute Gasteiger partial charge is 0.329 e. The van der Waals surface area contributed by atoms with Crippen molar-refractivity contribution in [2.45, 2.75) is 12.6 Å². The quantitative estimate of drug-likeness (QED) is 0.835. The molecule has 1 aromatic carbocycles. The molecular weight excluding hydrogens is 363 g/mol. The summed E-state index contributed by atoms with van der Waals surface area (Å²) in [6.07, 6.45) is 0. The molecule has 0 bridgehead atoms. The van der Waals surface area contributed by atoms with Gasteiger partial charge in [0, 0.05) is 19.1 Å². The standard InChI is InChI=1S/C14H15BrClFN2S/c1-19(7-9-4-14(15)20-8-9)13(6-18)10-2-3-11(16)12(17)5-10/h2-5,8,13H,6-7,18H2,1H3. The maximum Gasteiger partial charge on any atom is 0.142 e. The molecule has 1 heterocycles. The third kappa shape index (κ3) is 3.80. The van der Waals surface area contributed by atoms with Gasteiger partial charge >= 0.3 is 0 Å². The first-order valence-electron chi connectivity index (χ1n) is 6.09. The van der Waals surface area contributed by atoms with Crippen molar-refractivity contribution in [2.24, 2.45) is 5.73 Å². The highest BCUT2D eigenvalue weighted by atomic mass is 79.9. The summed E-state index contributed by atoms with van der Waals surface area (Å²) >= 11 is 10.8. The summed E-state index contributed by atoms with van der Waals surface area (Å²) in [5.41, 5.74) is 7.89. The molecule has 2 aromatic rings. The molecule has 2 N–H and O–H groups in total. The molecule has 0 spiro atoms. The third-order valence-corrected chi connectivity index (χ3v) is 5.00. The topological polar surface area (TPSA) is 29.3 Å². The van der Waals surface area contributed by atoms with Crippen molar-refractivity contribution in [3.05, 3.63) is 55.4 Å². The molecule has 2 rings (SSSR count). The van der Waals surface area contributed by atoms with Gasteiger partial charge in [0.1, 0.15) is 5.82 Å². The molecular formula is C14H15BrClFN2S. The van der Waals surface area contributed by atoms with E-state index < -0.39 is 5.82 Å². The van der Waals surface area contributed by atoms with E-state index in [4.69, 9.17) is 17.3 Å². The highest BCUT2D eigenvalue weighted by Gasteiger charge is 2.17. The van der Waals surface area contributed by atoms with Gasteiger partial charge < -0.3 is 5.73 Å². The Morgan fingerprint density at radius 3 is 2.75 bits per heavy atom. The number of likely N-dealkylation sites (N-methyl/N-ethyl adjacent to an activating group) is 1. The van der Waals surface area contributed by atoms with Gasteiger partial charge in [-0.1, -0.05) is 17.7 Å². The van der Waals surface area contributed by atoms with Crippen molar-refractivity contribution in [3.63, 3.8) is 0 Å². The van der Waals surface area contributed by atoms with E-state index in [0.29, 0.717) is 6.54 Å². The maximum atomic E-state index is 13.6. The van der Waals surface area contributed by atoms with Crippen LogP contribution in [0.15, 0.2) is 33.4 Å². The van der Waals surface area contributed by atoms with E-state index in [1.165, 1.54) is 11.6 Å². The van der Waals surface area contributed by atoms with Crippen LogP contribution >= 0.6 is 38.9 Å². The molecule has 108 valence electrons. The second-order valence-corrected chi connectivity index (χ2v) is 7.30. The Morgan fingerprint density at radius 2 is 2.20 bits per heavy atom. The van der Waals surface area contributed by atoms with Gasteiger partial charge in [0.25, 0.3) is 0 Å². The van der Waals surface area contributed by atoms with Gasteiger partial charge in [-0.3, -0.25) is 4.90 Å². The number of halogens is 3. The monoisotopic (exact) mass is 376 g/mol. The lowest BCUT2D eigenvalue weighted by atomic mass is 10.1. The molecule has 0 saturated heterocycles. The van der Waals surface area contributed by atoms with E-state index in [1.807, 2.05) is 13.1 Å². The molecule has 1 atom stereocenters. The van der Waals surface area contributed by atoms with Crippen LogP contribution in [-0.2, 0) is 6.54 Å². The number of thiophene rings is 1. The van der Waals surface area contributed by atoms with Crippen LogP contribution in [0.4, 0.5) is 4.39 Å². The Bertz CT molecular complexity index is 590. The second kappa shape index (κ2) is 7.00. The van der Waals surface area contributed by atoms with Crippen molar-refractivity contribution in [1.29, 1.82) is 0 Å². The molecule has 6 heteroatoms. The summed E-state index contributed by atoms with van der Waals surface area (Å²) in [4.78, 5) is 2.11. The molecule has 0 fully saturated rings. The van der Waals surface area contributed by atoms with Gasteiger partial charge in [0.15, 0.2) is 0 Å². The summed E-state index contributed by atoms with van der Waals surface area (Å²) in [6.45, 7) is 1.18. The minimum Gasteiger partial charge on any atom is -0.329 e. The van der Waals surface area contributed by atoms with Gasteiger partial charge in [-0.25, -0.2) is 4.39 Å².